The molecule has 3 atom stereocenters. The third kappa shape index (κ3) is 5.17. The van der Waals surface area contributed by atoms with Gasteiger partial charge in [0.25, 0.3) is 0 Å². The summed E-state index contributed by atoms with van der Waals surface area (Å²) in [4.78, 5) is 23.1. The van der Waals surface area contributed by atoms with E-state index in [0.29, 0.717) is 25.2 Å². The van der Waals surface area contributed by atoms with E-state index < -0.39 is 6.10 Å². The van der Waals surface area contributed by atoms with Crippen LogP contribution in [0, 0.1) is 11.8 Å². The van der Waals surface area contributed by atoms with E-state index in [9.17, 15) is 9.59 Å². The third-order valence-corrected chi connectivity index (χ3v) is 3.49. The van der Waals surface area contributed by atoms with Crippen LogP contribution in [0.25, 0.3) is 0 Å². The molecule has 1 saturated carbocycles. The Bertz CT molecular complexity index is 286. The van der Waals surface area contributed by atoms with Crippen LogP contribution in [0.4, 0.5) is 0 Å². The molecule has 4 heteroatoms. The summed E-state index contributed by atoms with van der Waals surface area (Å²) in [5.41, 5.74) is 0. The van der Waals surface area contributed by atoms with E-state index in [0.717, 1.165) is 19.3 Å². The lowest BCUT2D eigenvalue weighted by Crippen LogP contribution is -2.19. The van der Waals surface area contributed by atoms with Crippen molar-refractivity contribution in [1.82, 2.24) is 0 Å². The van der Waals surface area contributed by atoms with E-state index in [-0.39, 0.29) is 24.3 Å². The topological polar surface area (TPSA) is 63.6 Å². The lowest BCUT2D eigenvalue weighted by atomic mass is 9.89. The second kappa shape index (κ2) is 7.52. The third-order valence-electron chi connectivity index (χ3n) is 3.49. The molecule has 0 saturated heterocycles. The maximum absolute atomic E-state index is 11.6. The fraction of sp³-hybridized carbons (Fsp3) is 0.857. The van der Waals surface area contributed by atoms with Crippen molar-refractivity contribution in [2.24, 2.45) is 11.8 Å². The number of ether oxygens (including phenoxy) is 1. The van der Waals surface area contributed by atoms with Gasteiger partial charge in [0.15, 0.2) is 0 Å². The highest BCUT2D eigenvalue weighted by molar-refractivity contribution is 5.82. The molecule has 0 aromatic carbocycles. The number of hydrogen-bond donors (Lipinski definition) is 1. The Hall–Kier alpha value is -0.900. The van der Waals surface area contributed by atoms with Crippen LogP contribution in [-0.4, -0.2) is 29.6 Å². The Balaban J connectivity index is 2.38. The predicted molar refractivity (Wildman–Crippen MR) is 68.0 cm³/mol. The summed E-state index contributed by atoms with van der Waals surface area (Å²) < 4.78 is 4.95. The molecule has 104 valence electrons. The summed E-state index contributed by atoms with van der Waals surface area (Å²) in [6.45, 7) is 3.75. The van der Waals surface area contributed by atoms with Gasteiger partial charge in [-0.15, -0.1) is 0 Å². The lowest BCUT2D eigenvalue weighted by Gasteiger charge is -2.17. The summed E-state index contributed by atoms with van der Waals surface area (Å²) in [7, 11) is 0. The number of hydrogen-bond acceptors (Lipinski definition) is 4. The van der Waals surface area contributed by atoms with Crippen LogP contribution in [0.15, 0.2) is 0 Å². The van der Waals surface area contributed by atoms with Crippen molar-refractivity contribution in [2.75, 3.05) is 6.61 Å². The van der Waals surface area contributed by atoms with Crippen molar-refractivity contribution >= 4 is 11.8 Å². The van der Waals surface area contributed by atoms with E-state index in [1.54, 1.807) is 6.92 Å². The molecular weight excluding hydrogens is 232 g/mol. The minimum Gasteiger partial charge on any atom is -0.463 e. The first-order chi connectivity index (χ1) is 8.52. The van der Waals surface area contributed by atoms with Gasteiger partial charge >= 0.3 is 5.97 Å². The number of aliphatic hydroxyl groups excluding tert-OH is 1. The zero-order chi connectivity index (χ0) is 13.5. The van der Waals surface area contributed by atoms with Gasteiger partial charge in [0, 0.05) is 19.3 Å². The van der Waals surface area contributed by atoms with Crippen molar-refractivity contribution < 1.29 is 19.4 Å². The van der Waals surface area contributed by atoms with Crippen LogP contribution in [-0.2, 0) is 14.3 Å². The second-order valence-electron chi connectivity index (χ2n) is 5.35. The summed E-state index contributed by atoms with van der Waals surface area (Å²) in [5.74, 6) is 0.462. The van der Waals surface area contributed by atoms with Crippen LogP contribution in [0.5, 0.6) is 0 Å². The van der Waals surface area contributed by atoms with Gasteiger partial charge in [-0.1, -0.05) is 19.8 Å². The number of unbranched alkanes of at least 4 members (excludes halogenated alkanes) is 1. The smallest absolute Gasteiger partial charge is 0.306 e. The molecule has 0 heterocycles. The number of ketones is 1. The van der Waals surface area contributed by atoms with E-state index in [1.807, 2.05) is 0 Å². The first-order valence-corrected chi connectivity index (χ1v) is 6.88. The average molecular weight is 256 g/mol. The maximum atomic E-state index is 11.6. The van der Waals surface area contributed by atoms with Crippen molar-refractivity contribution in [3.05, 3.63) is 0 Å². The lowest BCUT2D eigenvalue weighted by molar-refractivity contribution is -0.147. The molecule has 0 radical (unpaired) electrons. The highest BCUT2D eigenvalue weighted by Crippen LogP contribution is 2.35. The minimum atomic E-state index is -0.630. The van der Waals surface area contributed by atoms with Crippen molar-refractivity contribution in [3.8, 4) is 0 Å². The number of carbonyl (C=O) groups is 2. The Morgan fingerprint density at radius 2 is 2.11 bits per heavy atom. The molecule has 0 spiro atoms. The number of carbonyl (C=O) groups excluding carboxylic acids is 2. The van der Waals surface area contributed by atoms with Gasteiger partial charge in [-0.25, -0.2) is 0 Å². The quantitative estimate of drug-likeness (QED) is 0.708. The number of Topliss-reactive ketones (excluding diaryl/α,β-unsaturated/α-hetero) is 1. The normalized spacial score (nSPS) is 25.2. The second-order valence-corrected chi connectivity index (χ2v) is 5.35. The molecule has 0 amide bonds. The molecular formula is C14H24O4. The van der Waals surface area contributed by atoms with Crippen LogP contribution in [0.1, 0.15) is 52.4 Å². The van der Waals surface area contributed by atoms with Gasteiger partial charge in [-0.3, -0.25) is 9.59 Å². The molecule has 18 heavy (non-hydrogen) atoms. The van der Waals surface area contributed by atoms with E-state index in [2.05, 4.69) is 6.92 Å². The van der Waals surface area contributed by atoms with Gasteiger partial charge < -0.3 is 9.84 Å². The minimum absolute atomic E-state index is 0.0408. The summed E-state index contributed by atoms with van der Waals surface area (Å²) >= 11 is 0. The standard InChI is InChI=1S/C14H24O4/c1-3-4-5-11-6-13(16)7-12(11)8-14(17)18-9-10(2)15/h10-12,15H,3-9H2,1-2H3. The molecule has 4 nitrogen and oxygen atoms in total. The molecule has 1 fully saturated rings. The number of aliphatic hydroxyl groups is 1. The van der Waals surface area contributed by atoms with E-state index in [1.165, 1.54) is 0 Å². The Morgan fingerprint density at radius 1 is 1.44 bits per heavy atom. The monoisotopic (exact) mass is 256 g/mol. The molecule has 1 N–H and O–H groups in total. The first kappa shape index (κ1) is 15.2. The molecule has 0 aromatic rings. The van der Waals surface area contributed by atoms with Gasteiger partial charge in [0.2, 0.25) is 0 Å². The Morgan fingerprint density at radius 3 is 2.72 bits per heavy atom. The Labute approximate surface area is 109 Å². The number of esters is 1. The fourth-order valence-corrected chi connectivity index (χ4v) is 2.53. The van der Waals surface area contributed by atoms with Crippen molar-refractivity contribution in [1.29, 1.82) is 0 Å². The molecule has 0 aromatic heterocycles. The average Bonchev–Trinajstić information content (AvgIpc) is 2.64. The van der Waals surface area contributed by atoms with Gasteiger partial charge in [0.05, 0.1) is 6.10 Å². The molecule has 0 aliphatic heterocycles. The molecule has 1 rings (SSSR count). The van der Waals surface area contributed by atoms with Gasteiger partial charge in [-0.2, -0.15) is 0 Å². The SMILES string of the molecule is CCCCC1CC(=O)CC1CC(=O)OCC(C)O. The van der Waals surface area contributed by atoms with Crippen LogP contribution < -0.4 is 0 Å². The Kier molecular flexibility index (Phi) is 6.33. The fourth-order valence-electron chi connectivity index (χ4n) is 2.53. The summed E-state index contributed by atoms with van der Waals surface area (Å²) in [6.07, 6.45) is 4.06. The maximum Gasteiger partial charge on any atom is 0.306 e. The molecule has 0 bridgehead atoms. The van der Waals surface area contributed by atoms with Gasteiger partial charge in [-0.05, 0) is 25.2 Å². The van der Waals surface area contributed by atoms with Gasteiger partial charge in [0.1, 0.15) is 12.4 Å². The highest BCUT2D eigenvalue weighted by Gasteiger charge is 2.34. The first-order valence-electron chi connectivity index (χ1n) is 6.88. The van der Waals surface area contributed by atoms with E-state index in [4.69, 9.17) is 9.84 Å². The molecule has 1 aliphatic rings. The van der Waals surface area contributed by atoms with Crippen LogP contribution in [0.2, 0.25) is 0 Å². The summed E-state index contributed by atoms with van der Waals surface area (Å²) in [5, 5.41) is 9.04. The van der Waals surface area contributed by atoms with Crippen LogP contribution in [0.3, 0.4) is 0 Å². The molecule has 3 unspecified atom stereocenters. The molecule has 1 aliphatic carbocycles. The highest BCUT2D eigenvalue weighted by atomic mass is 16.5. The summed E-state index contributed by atoms with van der Waals surface area (Å²) in [6, 6.07) is 0. The van der Waals surface area contributed by atoms with Crippen LogP contribution >= 0.6 is 0 Å². The number of rotatable bonds is 7. The van der Waals surface area contributed by atoms with Crippen molar-refractivity contribution in [3.63, 3.8) is 0 Å². The van der Waals surface area contributed by atoms with Crippen molar-refractivity contribution in [2.45, 2.75) is 58.5 Å². The predicted octanol–water partition coefficient (Wildman–Crippen LogP) is 2.09. The zero-order valence-electron chi connectivity index (χ0n) is 11.4. The van der Waals surface area contributed by atoms with E-state index >= 15 is 0 Å². The zero-order valence-corrected chi connectivity index (χ0v) is 11.4. The largest absolute Gasteiger partial charge is 0.463 e.